The minimum Gasteiger partial charge on any atom is -0.756 e. The molecule has 0 radical (unpaired) electrons. The maximum absolute atomic E-state index is 13.6. The fourth-order valence-electron chi connectivity index (χ4n) is 9.89. The number of phosphoric acid groups is 1. The lowest BCUT2D eigenvalue weighted by Gasteiger charge is -2.30. The van der Waals surface area contributed by atoms with Crippen LogP contribution in [0.1, 0.15) is 316 Å². The summed E-state index contributed by atoms with van der Waals surface area (Å²) < 4.78 is 30.4. The molecule has 0 aromatic carbocycles. The summed E-state index contributed by atoms with van der Waals surface area (Å²) in [6, 6.07) is -0.904. The molecule has 10 heteroatoms. The van der Waals surface area contributed by atoms with Crippen molar-refractivity contribution in [3.05, 3.63) is 85.1 Å². The summed E-state index contributed by atoms with van der Waals surface area (Å²) >= 11 is 0. The van der Waals surface area contributed by atoms with Crippen LogP contribution in [0.3, 0.4) is 0 Å². The highest BCUT2D eigenvalue weighted by molar-refractivity contribution is 7.45. The second kappa shape index (κ2) is 62.2. The van der Waals surface area contributed by atoms with Crippen molar-refractivity contribution in [1.29, 1.82) is 0 Å². The lowest BCUT2D eigenvalue weighted by molar-refractivity contribution is -0.870. The standard InChI is InChI=1S/C73H133N2O7P/c1-7-10-13-16-19-22-25-28-30-32-33-34-35-36-37-38-39-40-41-43-45-48-51-54-57-60-63-66-73(77)82-71(64-61-58-55-52-49-46-27-24-21-18-15-12-9-3)70(69-81-83(78,79)80-68-67-75(4,5)6)74-72(76)65-62-59-56-53-50-47-44-42-31-29-26-23-20-17-14-11-8-2/h19-20,22-23,28-31,33-34,44,47,61,64,70-71H,7-18,21,24-27,32,35-43,45-46,48-60,62-63,65-69H2,1-6H3,(H-,74,76,78,79)/b22-19-,23-20-,30-28-,31-29-,34-33-,47-44-,64-61-. The van der Waals surface area contributed by atoms with E-state index in [1.54, 1.807) is 0 Å². The van der Waals surface area contributed by atoms with Gasteiger partial charge in [0.05, 0.1) is 33.8 Å². The molecule has 0 aliphatic rings. The predicted molar refractivity (Wildman–Crippen MR) is 358 cm³/mol. The maximum atomic E-state index is 13.6. The Morgan fingerprint density at radius 2 is 0.735 bits per heavy atom. The van der Waals surface area contributed by atoms with Gasteiger partial charge in [0.1, 0.15) is 19.3 Å². The van der Waals surface area contributed by atoms with Crippen LogP contribution in [0.15, 0.2) is 85.1 Å². The van der Waals surface area contributed by atoms with Gasteiger partial charge in [-0.1, -0.05) is 280 Å². The van der Waals surface area contributed by atoms with Crippen molar-refractivity contribution in [1.82, 2.24) is 5.32 Å². The molecule has 0 spiro atoms. The van der Waals surface area contributed by atoms with E-state index in [1.807, 2.05) is 33.3 Å². The predicted octanol–water partition coefficient (Wildman–Crippen LogP) is 21.5. The van der Waals surface area contributed by atoms with Gasteiger partial charge in [-0.2, -0.15) is 0 Å². The van der Waals surface area contributed by atoms with Crippen molar-refractivity contribution in [2.45, 2.75) is 328 Å². The molecule has 482 valence electrons. The second-order valence-electron chi connectivity index (χ2n) is 24.7. The SMILES string of the molecule is CCCCC/C=C\C/C=C\C/C=C\CCCCCCCCCCCCCCCCC(=O)OC(/C=C\CCCCCCCCCCCCC)C(COP(=O)([O-])OCC[N+](C)(C)C)NC(=O)CCCCCC/C=C\C/C=C\C/C=C\CCCCC. The third kappa shape index (κ3) is 63.5. The van der Waals surface area contributed by atoms with Gasteiger partial charge in [-0.05, 0) is 109 Å². The molecule has 0 aromatic rings. The van der Waals surface area contributed by atoms with E-state index in [4.69, 9.17) is 13.8 Å². The molecule has 83 heavy (non-hydrogen) atoms. The summed E-state index contributed by atoms with van der Waals surface area (Å²) in [5.74, 6) is -0.561. The van der Waals surface area contributed by atoms with E-state index in [9.17, 15) is 19.0 Å². The number of nitrogens with one attached hydrogen (secondary N) is 1. The van der Waals surface area contributed by atoms with Crippen molar-refractivity contribution in [2.75, 3.05) is 40.9 Å². The molecule has 0 aliphatic heterocycles. The molecule has 3 unspecified atom stereocenters. The topological polar surface area (TPSA) is 114 Å². The summed E-state index contributed by atoms with van der Waals surface area (Å²) in [6.07, 6.45) is 82.7. The van der Waals surface area contributed by atoms with Crippen LogP contribution < -0.4 is 10.2 Å². The van der Waals surface area contributed by atoms with Crippen LogP contribution in [-0.4, -0.2) is 69.4 Å². The molecular weight excluding hydrogens is 1050 g/mol. The van der Waals surface area contributed by atoms with E-state index >= 15 is 0 Å². The number of ether oxygens (including phenoxy) is 1. The van der Waals surface area contributed by atoms with Gasteiger partial charge in [-0.25, -0.2) is 0 Å². The molecule has 0 saturated heterocycles. The Bertz CT molecular complexity index is 1700. The molecular formula is C73H133N2O7P. The third-order valence-corrected chi connectivity index (χ3v) is 16.3. The van der Waals surface area contributed by atoms with E-state index in [1.165, 1.54) is 186 Å². The molecule has 0 aromatic heterocycles. The number of quaternary nitrogens is 1. The highest BCUT2D eigenvalue weighted by Gasteiger charge is 2.27. The van der Waals surface area contributed by atoms with Gasteiger partial charge in [-0.15, -0.1) is 0 Å². The number of likely N-dealkylation sites (N-methyl/N-ethyl adjacent to an activating group) is 1. The highest BCUT2D eigenvalue weighted by atomic mass is 31.2. The Morgan fingerprint density at radius 3 is 1.12 bits per heavy atom. The number of hydrogen-bond donors (Lipinski definition) is 1. The Balaban J connectivity index is 5.10. The minimum atomic E-state index is -4.71. The first-order chi connectivity index (χ1) is 40.4. The Morgan fingerprint density at radius 1 is 0.422 bits per heavy atom. The molecule has 1 N–H and O–H groups in total. The number of unbranched alkanes of at least 4 members (excludes halogenated alkanes) is 35. The summed E-state index contributed by atoms with van der Waals surface area (Å²) in [7, 11) is 1.17. The van der Waals surface area contributed by atoms with Gasteiger partial charge in [0.15, 0.2) is 0 Å². The molecule has 1 amide bonds. The fraction of sp³-hybridized carbons (Fsp3) is 0.781. The summed E-state index contributed by atoms with van der Waals surface area (Å²) in [4.78, 5) is 40.1. The first kappa shape index (κ1) is 80.2. The lowest BCUT2D eigenvalue weighted by atomic mass is 10.0. The number of allylic oxidation sites excluding steroid dienone is 13. The molecule has 0 saturated carbocycles. The first-order valence-corrected chi connectivity index (χ1v) is 36.4. The first-order valence-electron chi connectivity index (χ1n) is 34.9. The number of esters is 1. The summed E-state index contributed by atoms with van der Waals surface area (Å²) in [6.45, 7) is 6.79. The number of phosphoric ester groups is 1. The van der Waals surface area contributed by atoms with Crippen LogP contribution in [0.2, 0.25) is 0 Å². The number of carbonyl (C=O) groups excluding carboxylic acids is 2. The Hall–Kier alpha value is -2.81. The lowest BCUT2D eigenvalue weighted by Crippen LogP contribution is -2.47. The van der Waals surface area contributed by atoms with E-state index in [-0.39, 0.29) is 31.3 Å². The molecule has 0 bridgehead atoms. The van der Waals surface area contributed by atoms with Crippen LogP contribution in [-0.2, 0) is 27.9 Å². The maximum Gasteiger partial charge on any atom is 0.306 e. The average molecular weight is 1180 g/mol. The van der Waals surface area contributed by atoms with Crippen molar-refractivity contribution in [3.63, 3.8) is 0 Å². The van der Waals surface area contributed by atoms with Gasteiger partial charge in [0.2, 0.25) is 5.91 Å². The normalized spacial score (nSPS) is 14.1. The smallest absolute Gasteiger partial charge is 0.306 e. The van der Waals surface area contributed by atoms with Gasteiger partial charge < -0.3 is 28.5 Å². The second-order valence-corrected chi connectivity index (χ2v) is 26.1. The van der Waals surface area contributed by atoms with Gasteiger partial charge in [-0.3, -0.25) is 14.2 Å². The van der Waals surface area contributed by atoms with Crippen LogP contribution in [0.25, 0.3) is 0 Å². The van der Waals surface area contributed by atoms with E-state index in [0.717, 1.165) is 89.9 Å². The number of amides is 1. The van der Waals surface area contributed by atoms with Crippen molar-refractivity contribution in [2.24, 2.45) is 0 Å². The van der Waals surface area contributed by atoms with Crippen molar-refractivity contribution >= 4 is 19.7 Å². The third-order valence-electron chi connectivity index (χ3n) is 15.3. The molecule has 0 aliphatic carbocycles. The molecule has 0 fully saturated rings. The van der Waals surface area contributed by atoms with Crippen molar-refractivity contribution < 1.29 is 37.3 Å². The molecule has 0 rings (SSSR count). The number of carbonyl (C=O) groups is 2. The Labute approximate surface area is 514 Å². The molecule has 0 heterocycles. The highest BCUT2D eigenvalue weighted by Crippen LogP contribution is 2.38. The number of rotatable bonds is 63. The van der Waals surface area contributed by atoms with E-state index in [0.29, 0.717) is 17.4 Å². The van der Waals surface area contributed by atoms with Gasteiger partial charge >= 0.3 is 5.97 Å². The number of hydrogen-bond acceptors (Lipinski definition) is 7. The monoisotopic (exact) mass is 1180 g/mol. The average Bonchev–Trinajstić information content (AvgIpc) is 3.47. The van der Waals surface area contributed by atoms with Gasteiger partial charge in [0, 0.05) is 12.8 Å². The van der Waals surface area contributed by atoms with Crippen LogP contribution in [0.4, 0.5) is 0 Å². The zero-order valence-corrected chi connectivity index (χ0v) is 56.0. The van der Waals surface area contributed by atoms with Crippen LogP contribution in [0, 0.1) is 0 Å². The Kier molecular flexibility index (Phi) is 60.1. The van der Waals surface area contributed by atoms with Gasteiger partial charge in [0.25, 0.3) is 7.82 Å². The zero-order valence-electron chi connectivity index (χ0n) is 55.1. The minimum absolute atomic E-state index is 0.0291. The van der Waals surface area contributed by atoms with Crippen molar-refractivity contribution in [3.8, 4) is 0 Å². The molecule has 9 nitrogen and oxygen atoms in total. The molecule has 3 atom stereocenters. The number of nitrogens with zero attached hydrogens (tertiary/aromatic N) is 1. The van der Waals surface area contributed by atoms with E-state index < -0.39 is 26.6 Å². The zero-order chi connectivity index (χ0) is 60.7. The van der Waals surface area contributed by atoms with E-state index in [2.05, 4.69) is 99.0 Å². The quantitative estimate of drug-likeness (QED) is 0.0212. The fourth-order valence-corrected chi connectivity index (χ4v) is 10.6. The van der Waals surface area contributed by atoms with Crippen LogP contribution >= 0.6 is 7.82 Å². The summed E-state index contributed by atoms with van der Waals surface area (Å²) in [5.41, 5.74) is 0. The largest absolute Gasteiger partial charge is 0.756 e. The summed E-state index contributed by atoms with van der Waals surface area (Å²) in [5, 5.41) is 3.03. The van der Waals surface area contributed by atoms with Crippen LogP contribution in [0.5, 0.6) is 0 Å².